The molecule has 0 aromatic rings. The molecule has 0 saturated carbocycles. The topological polar surface area (TPSA) is 23.5 Å². The van der Waals surface area contributed by atoms with Crippen molar-refractivity contribution in [2.24, 2.45) is 11.3 Å². The Balaban J connectivity index is 2.28. The Kier molecular flexibility index (Phi) is 6.22. The molecule has 18 heavy (non-hydrogen) atoms. The van der Waals surface area contributed by atoms with Crippen LogP contribution in [0.15, 0.2) is 11.0 Å². The summed E-state index contributed by atoms with van der Waals surface area (Å²) in [6, 6.07) is 0. The molecule has 0 amide bonds. The third-order valence-corrected chi connectivity index (χ3v) is 4.79. The summed E-state index contributed by atoms with van der Waals surface area (Å²) in [7, 11) is 0. The van der Waals surface area contributed by atoms with Crippen molar-refractivity contribution < 1.29 is 5.11 Å². The maximum atomic E-state index is 10.2. The Hall–Kier alpha value is 0.01000. The van der Waals surface area contributed by atoms with Gasteiger partial charge in [-0.2, -0.15) is 0 Å². The first-order valence-corrected chi connectivity index (χ1v) is 8.02. The summed E-state index contributed by atoms with van der Waals surface area (Å²) in [5, 5.41) is 12.4. The Morgan fingerprint density at radius 2 is 2.11 bits per heavy atom. The summed E-state index contributed by atoms with van der Waals surface area (Å²) in [4.78, 5) is 2.25. The highest BCUT2D eigenvalue weighted by Crippen LogP contribution is 2.34. The fourth-order valence-electron chi connectivity index (χ4n) is 2.35. The van der Waals surface area contributed by atoms with Crippen molar-refractivity contribution in [3.8, 4) is 0 Å². The quantitative estimate of drug-likeness (QED) is 0.771. The maximum Gasteiger partial charge on any atom is 0.108 e. The number of aliphatic hydroxyl groups excluding tert-OH is 1. The van der Waals surface area contributed by atoms with Crippen LogP contribution in [-0.2, 0) is 0 Å². The zero-order chi connectivity index (χ0) is 13.8. The highest BCUT2D eigenvalue weighted by Gasteiger charge is 2.33. The molecule has 2 atom stereocenters. The highest BCUT2D eigenvalue weighted by atomic mass is 32.2. The smallest absolute Gasteiger partial charge is 0.108 e. The van der Waals surface area contributed by atoms with E-state index in [-0.39, 0.29) is 6.23 Å². The van der Waals surface area contributed by atoms with E-state index < -0.39 is 0 Å². The van der Waals surface area contributed by atoms with Gasteiger partial charge in [0.25, 0.3) is 0 Å². The molecule has 1 saturated heterocycles. The van der Waals surface area contributed by atoms with Crippen LogP contribution in [0.1, 0.15) is 47.5 Å². The first kappa shape index (κ1) is 16.1. The largest absolute Gasteiger partial charge is 0.378 e. The second kappa shape index (κ2) is 6.97. The predicted octanol–water partition coefficient (Wildman–Crippen LogP) is 3.72. The van der Waals surface area contributed by atoms with Gasteiger partial charge in [0, 0.05) is 18.8 Å². The van der Waals surface area contributed by atoms with E-state index in [0.29, 0.717) is 5.41 Å². The van der Waals surface area contributed by atoms with Crippen LogP contribution < -0.4 is 0 Å². The fraction of sp³-hybridized carbons (Fsp3) is 0.867. The minimum absolute atomic E-state index is 0.254. The summed E-state index contributed by atoms with van der Waals surface area (Å²) in [5.41, 5.74) is 1.70. The van der Waals surface area contributed by atoms with E-state index in [2.05, 4.69) is 44.9 Å². The van der Waals surface area contributed by atoms with Gasteiger partial charge in [0.2, 0.25) is 0 Å². The molecule has 0 bridgehead atoms. The van der Waals surface area contributed by atoms with E-state index in [9.17, 15) is 5.11 Å². The van der Waals surface area contributed by atoms with Crippen molar-refractivity contribution in [3.63, 3.8) is 0 Å². The van der Waals surface area contributed by atoms with Crippen molar-refractivity contribution in [1.82, 2.24) is 4.90 Å². The first-order valence-electron chi connectivity index (χ1n) is 6.98. The van der Waals surface area contributed by atoms with E-state index in [4.69, 9.17) is 0 Å². The molecule has 1 heterocycles. The van der Waals surface area contributed by atoms with Crippen LogP contribution in [0.2, 0.25) is 0 Å². The van der Waals surface area contributed by atoms with Crippen molar-refractivity contribution in [1.29, 1.82) is 0 Å². The zero-order valence-electron chi connectivity index (χ0n) is 12.6. The molecule has 1 fully saturated rings. The van der Waals surface area contributed by atoms with Crippen LogP contribution >= 0.6 is 11.8 Å². The number of likely N-dealkylation sites (tertiary alicyclic amines) is 1. The number of thioether (sulfide) groups is 1. The molecule has 106 valence electrons. The molecule has 2 unspecified atom stereocenters. The van der Waals surface area contributed by atoms with Crippen molar-refractivity contribution in [2.75, 3.05) is 18.8 Å². The molecule has 1 aliphatic rings. The monoisotopic (exact) mass is 271 g/mol. The van der Waals surface area contributed by atoms with Crippen molar-refractivity contribution in [3.05, 3.63) is 11.0 Å². The lowest BCUT2D eigenvalue weighted by Gasteiger charge is -2.28. The molecule has 1 rings (SSSR count). The minimum Gasteiger partial charge on any atom is -0.378 e. The third kappa shape index (κ3) is 5.33. The molecule has 0 aromatic carbocycles. The average Bonchev–Trinajstić information content (AvgIpc) is 2.72. The lowest BCUT2D eigenvalue weighted by atomic mass is 9.80. The van der Waals surface area contributed by atoms with Gasteiger partial charge in [-0.25, -0.2) is 0 Å². The van der Waals surface area contributed by atoms with Crippen LogP contribution in [-0.4, -0.2) is 35.1 Å². The van der Waals surface area contributed by atoms with Crippen LogP contribution in [0.3, 0.4) is 0 Å². The number of nitrogens with zero attached hydrogens (tertiary/aromatic N) is 1. The van der Waals surface area contributed by atoms with E-state index in [1.807, 2.05) is 0 Å². The van der Waals surface area contributed by atoms with Crippen molar-refractivity contribution in [2.45, 2.75) is 53.7 Å². The Morgan fingerprint density at radius 1 is 1.44 bits per heavy atom. The summed E-state index contributed by atoms with van der Waals surface area (Å²) >= 11 is 1.81. The second-order valence-corrected chi connectivity index (χ2v) is 7.66. The third-order valence-electron chi connectivity index (χ3n) is 3.68. The Labute approximate surface area is 117 Å². The number of aliphatic hydroxyl groups is 1. The number of allylic oxidation sites excluding steroid dienone is 1. The van der Waals surface area contributed by atoms with E-state index in [0.717, 1.165) is 31.2 Å². The van der Waals surface area contributed by atoms with E-state index in [1.165, 1.54) is 12.0 Å². The van der Waals surface area contributed by atoms with Gasteiger partial charge in [0.1, 0.15) is 6.23 Å². The van der Waals surface area contributed by atoms with Gasteiger partial charge >= 0.3 is 0 Å². The lowest BCUT2D eigenvalue weighted by molar-refractivity contribution is 0.0127. The molecule has 2 nitrogen and oxygen atoms in total. The maximum absolute atomic E-state index is 10.2. The zero-order valence-corrected chi connectivity index (χ0v) is 13.4. The summed E-state index contributed by atoms with van der Waals surface area (Å²) in [6.45, 7) is 13.2. The number of rotatable bonds is 5. The van der Waals surface area contributed by atoms with Gasteiger partial charge in [-0.3, -0.25) is 4.90 Å². The minimum atomic E-state index is -0.254. The SMILES string of the molecule is CC(C)=CSCCC(O)N1CCC(C(C)(C)C)C1. The van der Waals surface area contributed by atoms with Gasteiger partial charge in [0.05, 0.1) is 0 Å². The summed E-state index contributed by atoms with van der Waals surface area (Å²) in [6.07, 6.45) is 1.84. The lowest BCUT2D eigenvalue weighted by Crippen LogP contribution is -2.35. The van der Waals surface area contributed by atoms with Crippen LogP contribution in [0.4, 0.5) is 0 Å². The summed E-state index contributed by atoms with van der Waals surface area (Å²) < 4.78 is 0. The van der Waals surface area contributed by atoms with Gasteiger partial charge in [-0.1, -0.05) is 26.3 Å². The first-order chi connectivity index (χ1) is 8.30. The van der Waals surface area contributed by atoms with Crippen molar-refractivity contribution >= 4 is 11.8 Å². The van der Waals surface area contributed by atoms with E-state index in [1.54, 1.807) is 11.8 Å². The van der Waals surface area contributed by atoms with E-state index >= 15 is 0 Å². The molecule has 0 aliphatic carbocycles. The second-order valence-electron chi connectivity index (χ2n) is 6.68. The van der Waals surface area contributed by atoms with Crippen LogP contribution in [0.25, 0.3) is 0 Å². The van der Waals surface area contributed by atoms with Gasteiger partial charge in [0.15, 0.2) is 0 Å². The summed E-state index contributed by atoms with van der Waals surface area (Å²) in [5.74, 6) is 1.72. The highest BCUT2D eigenvalue weighted by molar-refractivity contribution is 8.02. The molecule has 0 spiro atoms. The van der Waals surface area contributed by atoms with Crippen LogP contribution in [0, 0.1) is 11.3 Å². The van der Waals surface area contributed by atoms with Gasteiger partial charge < -0.3 is 5.11 Å². The number of hydrogen-bond acceptors (Lipinski definition) is 3. The standard InChI is InChI=1S/C15H29NOS/c1-12(2)11-18-9-7-14(17)16-8-6-13(10-16)15(3,4)5/h11,13-14,17H,6-10H2,1-5H3. The molecular formula is C15H29NOS. The molecule has 1 aliphatic heterocycles. The van der Waals surface area contributed by atoms with Crippen LogP contribution in [0.5, 0.6) is 0 Å². The predicted molar refractivity (Wildman–Crippen MR) is 81.6 cm³/mol. The molecule has 0 radical (unpaired) electrons. The van der Waals surface area contributed by atoms with Gasteiger partial charge in [-0.15, -0.1) is 11.8 Å². The normalized spacial score (nSPS) is 23.1. The molecule has 0 aromatic heterocycles. The average molecular weight is 271 g/mol. The fourth-order valence-corrected chi connectivity index (χ4v) is 3.14. The number of hydrogen-bond donors (Lipinski definition) is 1. The van der Waals surface area contributed by atoms with Gasteiger partial charge in [-0.05, 0) is 43.4 Å². The molecular weight excluding hydrogens is 242 g/mol. The molecule has 1 N–H and O–H groups in total. The Bertz CT molecular complexity index is 279. The Morgan fingerprint density at radius 3 is 2.61 bits per heavy atom. The molecule has 3 heteroatoms.